The van der Waals surface area contributed by atoms with E-state index in [0.29, 0.717) is 13.2 Å². The number of rotatable bonds is 7. The third-order valence-electron chi connectivity index (χ3n) is 4.12. The molecule has 3 aromatic carbocycles. The molecule has 0 atom stereocenters. The molecule has 136 valence electrons. The van der Waals surface area contributed by atoms with Crippen LogP contribution in [0.15, 0.2) is 84.9 Å². The molecule has 0 heterocycles. The molecule has 0 bridgehead atoms. The number of carbonyl (C=O) groups is 1. The Kier molecular flexibility index (Phi) is 6.42. The summed E-state index contributed by atoms with van der Waals surface area (Å²) in [6.45, 7) is 3.08. The van der Waals surface area contributed by atoms with Gasteiger partial charge in [0.05, 0.1) is 0 Å². The fourth-order valence-corrected chi connectivity index (χ4v) is 2.57. The van der Waals surface area contributed by atoms with Crippen LogP contribution in [0, 0.1) is 6.92 Å². The van der Waals surface area contributed by atoms with Crippen molar-refractivity contribution in [2.45, 2.75) is 20.1 Å². The Morgan fingerprint density at radius 2 is 1.70 bits per heavy atom. The van der Waals surface area contributed by atoms with Crippen LogP contribution >= 0.6 is 0 Å². The van der Waals surface area contributed by atoms with E-state index in [1.807, 2.05) is 85.8 Å². The van der Waals surface area contributed by atoms with Crippen molar-refractivity contribution in [3.05, 3.63) is 107 Å². The van der Waals surface area contributed by atoms with Gasteiger partial charge in [0.2, 0.25) is 5.91 Å². The van der Waals surface area contributed by atoms with Crippen LogP contribution in [-0.2, 0) is 17.9 Å². The van der Waals surface area contributed by atoms with Crippen molar-refractivity contribution in [3.8, 4) is 5.75 Å². The Labute approximate surface area is 160 Å². The van der Waals surface area contributed by atoms with E-state index in [9.17, 15) is 4.79 Å². The summed E-state index contributed by atoms with van der Waals surface area (Å²) in [5.41, 5.74) is 4.33. The second-order valence-electron chi connectivity index (χ2n) is 6.38. The van der Waals surface area contributed by atoms with E-state index in [2.05, 4.69) is 5.32 Å². The van der Waals surface area contributed by atoms with Gasteiger partial charge < -0.3 is 10.1 Å². The van der Waals surface area contributed by atoms with Gasteiger partial charge in [0.1, 0.15) is 12.4 Å². The molecule has 1 amide bonds. The van der Waals surface area contributed by atoms with E-state index in [1.54, 1.807) is 12.2 Å². The largest absolute Gasteiger partial charge is 0.489 e. The predicted octanol–water partition coefficient (Wildman–Crippen LogP) is 4.90. The van der Waals surface area contributed by atoms with Gasteiger partial charge in [0.15, 0.2) is 0 Å². The average Bonchev–Trinajstić information content (AvgIpc) is 2.71. The molecule has 3 nitrogen and oxygen atoms in total. The minimum atomic E-state index is -0.119. The molecule has 3 aromatic rings. The third-order valence-corrected chi connectivity index (χ3v) is 4.12. The van der Waals surface area contributed by atoms with Gasteiger partial charge in [-0.25, -0.2) is 0 Å². The summed E-state index contributed by atoms with van der Waals surface area (Å²) in [5, 5.41) is 2.89. The minimum absolute atomic E-state index is 0.119. The fraction of sp³-hybridized carbons (Fsp3) is 0.125. The SMILES string of the molecule is Cc1ccc(CNC(=O)/C=C/c2cccc(OCc3ccccc3)c2)cc1. The number of benzene rings is 3. The molecule has 0 saturated heterocycles. The van der Waals surface area contributed by atoms with E-state index in [-0.39, 0.29) is 5.91 Å². The maximum Gasteiger partial charge on any atom is 0.244 e. The zero-order chi connectivity index (χ0) is 18.9. The molecular formula is C24H23NO2. The highest BCUT2D eigenvalue weighted by molar-refractivity contribution is 5.91. The fourth-order valence-electron chi connectivity index (χ4n) is 2.57. The first kappa shape index (κ1) is 18.5. The van der Waals surface area contributed by atoms with Gasteiger partial charge in [0.25, 0.3) is 0 Å². The first-order valence-electron chi connectivity index (χ1n) is 8.97. The van der Waals surface area contributed by atoms with Gasteiger partial charge in [-0.15, -0.1) is 0 Å². The summed E-state index contributed by atoms with van der Waals surface area (Å²) in [7, 11) is 0. The zero-order valence-electron chi connectivity index (χ0n) is 15.4. The van der Waals surface area contributed by atoms with Crippen LogP contribution in [-0.4, -0.2) is 5.91 Å². The second-order valence-corrected chi connectivity index (χ2v) is 6.38. The molecule has 0 saturated carbocycles. The number of hydrogen-bond acceptors (Lipinski definition) is 2. The maximum atomic E-state index is 12.0. The highest BCUT2D eigenvalue weighted by Crippen LogP contribution is 2.16. The van der Waals surface area contributed by atoms with E-state index in [4.69, 9.17) is 4.74 Å². The molecule has 0 aliphatic carbocycles. The first-order valence-corrected chi connectivity index (χ1v) is 8.97. The van der Waals surface area contributed by atoms with Gasteiger partial charge in [0, 0.05) is 12.6 Å². The Morgan fingerprint density at radius 1 is 0.926 bits per heavy atom. The summed E-state index contributed by atoms with van der Waals surface area (Å²) in [6.07, 6.45) is 3.34. The molecule has 0 aromatic heterocycles. The Hall–Kier alpha value is -3.33. The molecule has 0 aliphatic heterocycles. The highest BCUT2D eigenvalue weighted by Gasteiger charge is 1.99. The first-order chi connectivity index (χ1) is 13.2. The van der Waals surface area contributed by atoms with Gasteiger partial charge in [-0.2, -0.15) is 0 Å². The number of amides is 1. The lowest BCUT2D eigenvalue weighted by molar-refractivity contribution is -0.116. The van der Waals surface area contributed by atoms with Gasteiger partial charge >= 0.3 is 0 Å². The lowest BCUT2D eigenvalue weighted by Gasteiger charge is -2.07. The van der Waals surface area contributed by atoms with Crippen LogP contribution in [0.3, 0.4) is 0 Å². The van der Waals surface area contributed by atoms with Gasteiger partial charge in [-0.1, -0.05) is 72.3 Å². The molecule has 0 spiro atoms. The van der Waals surface area contributed by atoms with E-state index in [1.165, 1.54) is 5.56 Å². The molecule has 27 heavy (non-hydrogen) atoms. The monoisotopic (exact) mass is 357 g/mol. The molecule has 0 aliphatic rings. The third kappa shape index (κ3) is 6.15. The summed E-state index contributed by atoms with van der Waals surface area (Å²) in [6, 6.07) is 25.9. The van der Waals surface area contributed by atoms with E-state index in [0.717, 1.165) is 22.4 Å². The Bertz CT molecular complexity index is 899. The number of hydrogen-bond donors (Lipinski definition) is 1. The lowest BCUT2D eigenvalue weighted by Crippen LogP contribution is -2.20. The van der Waals surface area contributed by atoms with Crippen molar-refractivity contribution >= 4 is 12.0 Å². The molecule has 3 heteroatoms. The van der Waals surface area contributed by atoms with Crippen molar-refractivity contribution in [2.75, 3.05) is 0 Å². The minimum Gasteiger partial charge on any atom is -0.489 e. The number of nitrogens with one attached hydrogen (secondary N) is 1. The molecule has 3 rings (SSSR count). The number of aryl methyl sites for hydroxylation is 1. The van der Waals surface area contributed by atoms with Crippen LogP contribution in [0.4, 0.5) is 0 Å². The quantitative estimate of drug-likeness (QED) is 0.611. The van der Waals surface area contributed by atoms with Crippen molar-refractivity contribution < 1.29 is 9.53 Å². The predicted molar refractivity (Wildman–Crippen MR) is 109 cm³/mol. The highest BCUT2D eigenvalue weighted by atomic mass is 16.5. The molecule has 0 unspecified atom stereocenters. The summed E-state index contributed by atoms with van der Waals surface area (Å²) >= 11 is 0. The average molecular weight is 357 g/mol. The second kappa shape index (κ2) is 9.39. The Balaban J connectivity index is 1.51. The van der Waals surface area contributed by atoms with Crippen molar-refractivity contribution in [1.82, 2.24) is 5.32 Å². The Morgan fingerprint density at radius 3 is 2.48 bits per heavy atom. The summed E-state index contributed by atoms with van der Waals surface area (Å²) < 4.78 is 5.82. The van der Waals surface area contributed by atoms with Crippen LogP contribution in [0.5, 0.6) is 5.75 Å². The van der Waals surface area contributed by atoms with Crippen molar-refractivity contribution in [1.29, 1.82) is 0 Å². The topological polar surface area (TPSA) is 38.3 Å². The van der Waals surface area contributed by atoms with Crippen LogP contribution in [0.1, 0.15) is 22.3 Å². The van der Waals surface area contributed by atoms with Crippen LogP contribution < -0.4 is 10.1 Å². The lowest BCUT2D eigenvalue weighted by atomic mass is 10.1. The van der Waals surface area contributed by atoms with E-state index < -0.39 is 0 Å². The van der Waals surface area contributed by atoms with Crippen molar-refractivity contribution in [2.24, 2.45) is 0 Å². The van der Waals surface area contributed by atoms with Crippen LogP contribution in [0.25, 0.3) is 6.08 Å². The summed E-state index contributed by atoms with van der Waals surface area (Å²) in [5.74, 6) is 0.659. The zero-order valence-corrected chi connectivity index (χ0v) is 15.4. The smallest absolute Gasteiger partial charge is 0.244 e. The molecule has 1 N–H and O–H groups in total. The normalized spacial score (nSPS) is 10.7. The standard InChI is InChI=1S/C24H23NO2/c1-19-10-12-21(13-11-19)17-25-24(26)15-14-20-8-5-9-23(16-20)27-18-22-6-3-2-4-7-22/h2-16H,17-18H2,1H3,(H,25,26)/b15-14+. The van der Waals surface area contributed by atoms with E-state index >= 15 is 0 Å². The molecular weight excluding hydrogens is 334 g/mol. The van der Waals surface area contributed by atoms with Crippen LogP contribution in [0.2, 0.25) is 0 Å². The maximum absolute atomic E-state index is 12.0. The van der Waals surface area contributed by atoms with Crippen molar-refractivity contribution in [3.63, 3.8) is 0 Å². The molecule has 0 radical (unpaired) electrons. The van der Waals surface area contributed by atoms with Gasteiger partial charge in [-0.3, -0.25) is 4.79 Å². The number of ether oxygens (including phenoxy) is 1. The summed E-state index contributed by atoms with van der Waals surface area (Å²) in [4.78, 5) is 12.0. The van der Waals surface area contributed by atoms with Gasteiger partial charge in [-0.05, 0) is 41.8 Å². The molecule has 0 fully saturated rings. The number of carbonyl (C=O) groups excluding carboxylic acids is 1.